The smallest absolute Gasteiger partial charge is 0.225 e. The number of nitrogens with one attached hydrogen (secondary N) is 2. The molecule has 1 aromatic carbocycles. The number of benzene rings is 1. The van der Waals surface area contributed by atoms with E-state index in [9.17, 15) is 4.79 Å². The van der Waals surface area contributed by atoms with Crippen LogP contribution in [-0.4, -0.2) is 12.6 Å². The van der Waals surface area contributed by atoms with Crippen molar-refractivity contribution in [3.05, 3.63) is 34.3 Å². The van der Waals surface area contributed by atoms with Gasteiger partial charge in [-0.05, 0) is 11.6 Å². The number of nitrogens with two attached hydrogens (primary N) is 1. The first-order valence-electron chi connectivity index (χ1n) is 4.17. The number of carbonyl (C=O) groups is 1. The van der Waals surface area contributed by atoms with Crippen LogP contribution in [0.1, 0.15) is 5.56 Å². The Kier molecular flexibility index (Phi) is 4.58. The molecule has 1 amide bonds. The Bertz CT molecular complexity index is 317. The van der Waals surface area contributed by atoms with E-state index in [-0.39, 0.29) is 12.6 Å². The third kappa shape index (κ3) is 3.45. The monoisotopic (exact) mass is 257 g/mol. The summed E-state index contributed by atoms with van der Waals surface area (Å²) in [4.78, 5) is 11.3. The highest BCUT2D eigenvalue weighted by Gasteiger charge is 2.04. The highest BCUT2D eigenvalue weighted by Crippen LogP contribution is 2.15. The molecule has 0 aromatic heterocycles. The van der Waals surface area contributed by atoms with Crippen molar-refractivity contribution in [3.63, 3.8) is 0 Å². The lowest BCUT2D eigenvalue weighted by molar-refractivity contribution is -0.120. The lowest BCUT2D eigenvalue weighted by Crippen LogP contribution is -2.38. The highest BCUT2D eigenvalue weighted by atomic mass is 79.9. The van der Waals surface area contributed by atoms with Crippen LogP contribution in [0, 0.1) is 0 Å². The molecular formula is C9H12BrN3O. The maximum absolute atomic E-state index is 11.3. The summed E-state index contributed by atoms with van der Waals surface area (Å²) >= 11 is 3.37. The molecule has 4 nitrogen and oxygen atoms in total. The van der Waals surface area contributed by atoms with Crippen LogP contribution in [0.3, 0.4) is 0 Å². The van der Waals surface area contributed by atoms with Crippen LogP contribution in [-0.2, 0) is 11.2 Å². The van der Waals surface area contributed by atoms with Crippen molar-refractivity contribution in [2.45, 2.75) is 6.42 Å². The van der Waals surface area contributed by atoms with Gasteiger partial charge in [0, 0.05) is 4.47 Å². The standard InChI is InChI=1S/C9H12BrN3O/c10-8-4-2-1-3-7(8)5-9(14)12-6-13-11/h1-4,13H,5-6,11H2,(H,12,14). The van der Waals surface area contributed by atoms with E-state index in [4.69, 9.17) is 5.84 Å². The van der Waals surface area contributed by atoms with Gasteiger partial charge < -0.3 is 5.32 Å². The van der Waals surface area contributed by atoms with Crippen molar-refractivity contribution in [2.75, 3.05) is 6.67 Å². The molecule has 0 spiro atoms. The van der Waals surface area contributed by atoms with Gasteiger partial charge in [-0.3, -0.25) is 10.6 Å². The molecule has 1 aromatic rings. The minimum Gasteiger partial charge on any atom is -0.342 e. The van der Waals surface area contributed by atoms with Gasteiger partial charge in [-0.25, -0.2) is 5.43 Å². The normalized spacial score (nSPS) is 9.86. The van der Waals surface area contributed by atoms with Gasteiger partial charge in [-0.2, -0.15) is 0 Å². The molecular weight excluding hydrogens is 246 g/mol. The van der Waals surface area contributed by atoms with Crippen LogP contribution < -0.4 is 16.6 Å². The van der Waals surface area contributed by atoms with Gasteiger partial charge in [0.25, 0.3) is 0 Å². The summed E-state index contributed by atoms with van der Waals surface area (Å²) < 4.78 is 0.941. The first-order chi connectivity index (χ1) is 6.74. The fourth-order valence-electron chi connectivity index (χ4n) is 1.03. The number of hydrazine groups is 1. The van der Waals surface area contributed by atoms with Crippen LogP contribution in [0.5, 0.6) is 0 Å². The van der Waals surface area contributed by atoms with Gasteiger partial charge >= 0.3 is 0 Å². The zero-order valence-electron chi connectivity index (χ0n) is 7.59. The van der Waals surface area contributed by atoms with E-state index in [2.05, 4.69) is 26.7 Å². The SMILES string of the molecule is NNCNC(=O)Cc1ccccc1Br. The average Bonchev–Trinajstić information content (AvgIpc) is 2.18. The second-order valence-electron chi connectivity index (χ2n) is 2.75. The number of halogens is 1. The predicted octanol–water partition coefficient (Wildman–Crippen LogP) is 0.529. The molecule has 5 heteroatoms. The molecule has 0 radical (unpaired) electrons. The van der Waals surface area contributed by atoms with Crippen LogP contribution in [0.4, 0.5) is 0 Å². The lowest BCUT2D eigenvalue weighted by Gasteiger charge is -2.05. The molecule has 0 saturated carbocycles. The first kappa shape index (κ1) is 11.2. The summed E-state index contributed by atoms with van der Waals surface area (Å²) in [5.74, 6) is 4.97. The quantitative estimate of drug-likeness (QED) is 0.419. The fourth-order valence-corrected chi connectivity index (χ4v) is 1.45. The van der Waals surface area contributed by atoms with E-state index < -0.39 is 0 Å². The Hall–Kier alpha value is -0.910. The highest BCUT2D eigenvalue weighted by molar-refractivity contribution is 9.10. The lowest BCUT2D eigenvalue weighted by atomic mass is 10.1. The topological polar surface area (TPSA) is 67.2 Å². The van der Waals surface area contributed by atoms with Crippen molar-refractivity contribution in [1.29, 1.82) is 0 Å². The Morgan fingerprint density at radius 2 is 2.14 bits per heavy atom. The zero-order valence-corrected chi connectivity index (χ0v) is 9.17. The number of amides is 1. The Morgan fingerprint density at radius 3 is 2.79 bits per heavy atom. The number of hydrogen-bond donors (Lipinski definition) is 3. The first-order valence-corrected chi connectivity index (χ1v) is 4.97. The third-order valence-electron chi connectivity index (χ3n) is 1.70. The van der Waals surface area contributed by atoms with Crippen LogP contribution in [0.2, 0.25) is 0 Å². The average molecular weight is 258 g/mol. The summed E-state index contributed by atoms with van der Waals surface area (Å²) in [6, 6.07) is 7.62. The van der Waals surface area contributed by atoms with Crippen molar-refractivity contribution in [3.8, 4) is 0 Å². The molecule has 0 saturated heterocycles. The van der Waals surface area contributed by atoms with Crippen LogP contribution in [0.15, 0.2) is 28.7 Å². The summed E-state index contributed by atoms with van der Waals surface area (Å²) in [6.45, 7) is 0.281. The molecule has 0 aliphatic heterocycles. The summed E-state index contributed by atoms with van der Waals surface area (Å²) in [7, 11) is 0. The van der Waals surface area contributed by atoms with Gasteiger partial charge in [0.05, 0.1) is 13.1 Å². The minimum absolute atomic E-state index is 0.0603. The molecule has 76 valence electrons. The van der Waals surface area contributed by atoms with E-state index in [1.807, 2.05) is 24.3 Å². The maximum atomic E-state index is 11.3. The number of rotatable bonds is 4. The molecule has 0 aliphatic carbocycles. The van der Waals surface area contributed by atoms with E-state index in [1.54, 1.807) is 0 Å². The maximum Gasteiger partial charge on any atom is 0.225 e. The molecule has 1 rings (SSSR count). The molecule has 0 bridgehead atoms. The van der Waals surface area contributed by atoms with Crippen molar-refractivity contribution < 1.29 is 4.79 Å². The van der Waals surface area contributed by atoms with E-state index in [0.29, 0.717) is 6.42 Å². The molecule has 0 heterocycles. The van der Waals surface area contributed by atoms with Gasteiger partial charge in [0.2, 0.25) is 5.91 Å². The Balaban J connectivity index is 2.52. The second kappa shape index (κ2) is 5.74. The van der Waals surface area contributed by atoms with Gasteiger partial charge in [-0.1, -0.05) is 34.1 Å². The van der Waals surface area contributed by atoms with Gasteiger partial charge in [0.15, 0.2) is 0 Å². The molecule has 4 N–H and O–H groups in total. The van der Waals surface area contributed by atoms with Crippen LogP contribution >= 0.6 is 15.9 Å². The van der Waals surface area contributed by atoms with E-state index in [1.165, 1.54) is 0 Å². The fraction of sp³-hybridized carbons (Fsp3) is 0.222. The summed E-state index contributed by atoms with van der Waals surface area (Å²) in [5, 5.41) is 2.61. The van der Waals surface area contributed by atoms with Gasteiger partial charge in [0.1, 0.15) is 0 Å². The third-order valence-corrected chi connectivity index (χ3v) is 2.47. The Morgan fingerprint density at radius 1 is 1.43 bits per heavy atom. The summed E-state index contributed by atoms with van der Waals surface area (Å²) in [5.41, 5.74) is 3.32. The molecule has 0 unspecified atom stereocenters. The molecule has 14 heavy (non-hydrogen) atoms. The van der Waals surface area contributed by atoms with Gasteiger partial charge in [-0.15, -0.1) is 0 Å². The van der Waals surface area contributed by atoms with Crippen LogP contribution in [0.25, 0.3) is 0 Å². The summed E-state index contributed by atoms with van der Waals surface area (Å²) in [6.07, 6.45) is 0.350. The van der Waals surface area contributed by atoms with E-state index >= 15 is 0 Å². The molecule has 0 fully saturated rings. The molecule has 0 aliphatic rings. The number of carbonyl (C=O) groups excluding carboxylic acids is 1. The van der Waals surface area contributed by atoms with Crippen molar-refractivity contribution in [1.82, 2.24) is 10.7 Å². The predicted molar refractivity (Wildman–Crippen MR) is 58.2 cm³/mol. The minimum atomic E-state index is -0.0603. The van der Waals surface area contributed by atoms with E-state index in [0.717, 1.165) is 10.0 Å². The van der Waals surface area contributed by atoms with Crippen molar-refractivity contribution in [2.24, 2.45) is 5.84 Å². The largest absolute Gasteiger partial charge is 0.342 e. The molecule has 0 atom stereocenters. The van der Waals surface area contributed by atoms with Crippen molar-refractivity contribution >= 4 is 21.8 Å². The Labute approximate surface area is 91.0 Å². The number of hydrogen-bond acceptors (Lipinski definition) is 3. The zero-order chi connectivity index (χ0) is 10.4. The second-order valence-corrected chi connectivity index (χ2v) is 3.60.